The zero-order valence-corrected chi connectivity index (χ0v) is 66.2. The number of aliphatic hydroxyl groups excluding tert-OH is 11. The molecule has 0 aromatic heterocycles. The minimum atomic E-state index is -1.98. The average molecular weight is 1500 g/mol. The summed E-state index contributed by atoms with van der Waals surface area (Å²) in [7, 11) is 0. The molecule has 17 atom stereocenters. The highest BCUT2D eigenvalue weighted by molar-refractivity contribution is 5.76. The van der Waals surface area contributed by atoms with E-state index in [4.69, 9.17) is 28.4 Å². The van der Waals surface area contributed by atoms with Crippen LogP contribution in [0.4, 0.5) is 0 Å². The Morgan fingerprint density at radius 1 is 0.349 bits per heavy atom. The fraction of sp³-hybridized carbons (Fsp3) is 0.828. The van der Waals surface area contributed by atoms with Gasteiger partial charge in [0.05, 0.1) is 38.6 Å². The zero-order valence-electron chi connectivity index (χ0n) is 66.2. The number of allylic oxidation sites excluding steroid dienone is 13. The Kier molecular flexibility index (Phi) is 61.0. The molecule has 12 N–H and O–H groups in total. The molecule has 0 aromatic rings. The van der Waals surface area contributed by atoms with Gasteiger partial charge in [-0.2, -0.15) is 0 Å². The standard InChI is InChI=1S/C87H155NO18/c1-3-5-7-9-11-13-15-17-19-21-23-25-27-29-31-32-33-34-35-36-37-38-39-41-43-45-47-49-51-53-55-57-59-61-63-65-75(93)88-70(71(92)64-62-60-58-56-54-52-50-48-46-44-42-40-30-28-26-24-22-20-18-16-14-12-10-8-6-4-2)69-101-85-81(99)78(96)83(73(67-90)103-85)106-87-82(100)79(97)84(74(68-91)104-87)105-86-80(98)77(95)76(94)72(66-89)102-86/h5,7,11,13,17,19,23,25,29,31,54,56,62,64,70-74,76-87,89-92,94-100H,3-4,6,8-10,12,14-16,18,20-22,24,26-28,30,32-53,55,57-61,63,65-69H2,1-2H3,(H,88,93)/b7-5-,13-11-,19-17-,25-23-,31-29-,56-54+,64-62+. The normalized spacial score (nSPS) is 26.1. The third-order valence-corrected chi connectivity index (χ3v) is 20.9. The van der Waals surface area contributed by atoms with Crippen LogP contribution >= 0.6 is 0 Å². The Balaban J connectivity index is 1.35. The maximum Gasteiger partial charge on any atom is 0.220 e. The molecule has 0 aromatic carbocycles. The molecule has 0 bridgehead atoms. The lowest BCUT2D eigenvalue weighted by molar-refractivity contribution is -0.379. The summed E-state index contributed by atoms with van der Waals surface area (Å²) in [5.41, 5.74) is 0. The van der Waals surface area contributed by atoms with Gasteiger partial charge in [-0.1, -0.05) is 330 Å². The molecule has 0 radical (unpaired) electrons. The first kappa shape index (κ1) is 97.2. The molecule has 3 fully saturated rings. The minimum Gasteiger partial charge on any atom is -0.394 e. The van der Waals surface area contributed by atoms with Crippen molar-refractivity contribution in [2.24, 2.45) is 0 Å². The van der Waals surface area contributed by atoms with Gasteiger partial charge in [0.15, 0.2) is 18.9 Å². The van der Waals surface area contributed by atoms with Crippen molar-refractivity contribution in [3.63, 3.8) is 0 Å². The van der Waals surface area contributed by atoms with Crippen LogP contribution < -0.4 is 5.32 Å². The molecular weight excluding hydrogens is 1350 g/mol. The van der Waals surface area contributed by atoms with Gasteiger partial charge in [0.2, 0.25) is 5.91 Å². The number of nitrogens with one attached hydrogen (secondary N) is 1. The number of amides is 1. The number of rotatable bonds is 68. The van der Waals surface area contributed by atoms with Gasteiger partial charge in [-0.05, 0) is 77.0 Å². The Morgan fingerprint density at radius 2 is 0.660 bits per heavy atom. The lowest BCUT2D eigenvalue weighted by Crippen LogP contribution is -2.66. The van der Waals surface area contributed by atoms with Crippen LogP contribution in [0.5, 0.6) is 0 Å². The van der Waals surface area contributed by atoms with Crippen molar-refractivity contribution in [1.29, 1.82) is 0 Å². The van der Waals surface area contributed by atoms with Crippen LogP contribution in [0.15, 0.2) is 85.1 Å². The van der Waals surface area contributed by atoms with Gasteiger partial charge in [0.1, 0.15) is 73.2 Å². The SMILES string of the molecule is CC/C=C\C/C=C\C/C=C\C/C=C\C/C=C\CCCCCCCCCCCCCCCCCCCCCC(=O)NC(COC1OC(CO)C(OC2OC(CO)C(OC3OC(CO)C(O)C(O)C3O)C(O)C2O)C(O)C1O)C(O)/C=C/CC/C=C/CCCCCCCCCCCCCCCCCCCCCC. The minimum absolute atomic E-state index is 0.235. The summed E-state index contributed by atoms with van der Waals surface area (Å²) in [6, 6.07) is -0.994. The van der Waals surface area contributed by atoms with E-state index in [1.54, 1.807) is 6.08 Å². The predicted molar refractivity (Wildman–Crippen MR) is 424 cm³/mol. The molecule has 0 saturated carbocycles. The molecule has 616 valence electrons. The average Bonchev–Trinajstić information content (AvgIpc) is 0.779. The first-order valence-electron chi connectivity index (χ1n) is 42.8. The molecule has 3 heterocycles. The van der Waals surface area contributed by atoms with Gasteiger partial charge in [-0.3, -0.25) is 4.79 Å². The predicted octanol–water partition coefficient (Wildman–Crippen LogP) is 15.3. The topological polar surface area (TPSA) is 307 Å². The van der Waals surface area contributed by atoms with E-state index in [0.717, 1.165) is 70.6 Å². The number of carbonyl (C=O) groups is 1. The van der Waals surface area contributed by atoms with E-state index in [9.17, 15) is 61.0 Å². The molecule has 0 aliphatic carbocycles. The van der Waals surface area contributed by atoms with Crippen molar-refractivity contribution in [3.05, 3.63) is 85.1 Å². The van der Waals surface area contributed by atoms with E-state index < -0.39 is 124 Å². The molecule has 3 aliphatic heterocycles. The summed E-state index contributed by atoms with van der Waals surface area (Å²) in [5.74, 6) is -0.282. The van der Waals surface area contributed by atoms with Crippen molar-refractivity contribution >= 4 is 5.91 Å². The van der Waals surface area contributed by atoms with E-state index in [2.05, 4.69) is 92.1 Å². The van der Waals surface area contributed by atoms with Crippen molar-refractivity contribution in [2.45, 2.75) is 433 Å². The maximum absolute atomic E-state index is 13.5. The van der Waals surface area contributed by atoms with Gasteiger partial charge in [-0.25, -0.2) is 0 Å². The van der Waals surface area contributed by atoms with Crippen LogP contribution in [0.3, 0.4) is 0 Å². The van der Waals surface area contributed by atoms with E-state index in [-0.39, 0.29) is 18.9 Å². The summed E-state index contributed by atoms with van der Waals surface area (Å²) < 4.78 is 34.5. The van der Waals surface area contributed by atoms with Gasteiger partial charge < -0.3 is 89.9 Å². The summed E-state index contributed by atoms with van der Waals surface area (Å²) in [5, 5.41) is 121. The number of hydrogen-bond donors (Lipinski definition) is 12. The van der Waals surface area contributed by atoms with Gasteiger partial charge in [0, 0.05) is 6.42 Å². The lowest BCUT2D eigenvalue weighted by atomic mass is 9.96. The van der Waals surface area contributed by atoms with E-state index in [1.807, 2.05) is 6.08 Å². The Morgan fingerprint density at radius 3 is 1.06 bits per heavy atom. The van der Waals surface area contributed by atoms with Crippen LogP contribution in [0.1, 0.15) is 328 Å². The molecule has 3 rings (SSSR count). The smallest absolute Gasteiger partial charge is 0.220 e. The number of carbonyl (C=O) groups excluding carboxylic acids is 1. The fourth-order valence-electron chi connectivity index (χ4n) is 14.1. The maximum atomic E-state index is 13.5. The van der Waals surface area contributed by atoms with Gasteiger partial charge in [0.25, 0.3) is 0 Å². The molecular formula is C87H155NO18. The van der Waals surface area contributed by atoms with Crippen molar-refractivity contribution in [3.8, 4) is 0 Å². The zero-order chi connectivity index (χ0) is 76.7. The van der Waals surface area contributed by atoms with Crippen LogP contribution in [0, 0.1) is 0 Å². The summed E-state index contributed by atoms with van der Waals surface area (Å²) in [6.07, 6.45) is 63.0. The Hall–Kier alpha value is -3.03. The molecule has 0 spiro atoms. The number of hydrogen-bond acceptors (Lipinski definition) is 18. The van der Waals surface area contributed by atoms with E-state index >= 15 is 0 Å². The van der Waals surface area contributed by atoms with Gasteiger partial charge in [-0.15, -0.1) is 0 Å². The second kappa shape index (κ2) is 66.6. The molecule has 19 nitrogen and oxygen atoms in total. The summed E-state index contributed by atoms with van der Waals surface area (Å²) in [4.78, 5) is 13.5. The highest BCUT2D eigenvalue weighted by Crippen LogP contribution is 2.33. The van der Waals surface area contributed by atoms with Crippen molar-refractivity contribution < 1.29 is 89.4 Å². The van der Waals surface area contributed by atoms with E-state index in [0.29, 0.717) is 12.8 Å². The molecule has 17 unspecified atom stereocenters. The summed E-state index contributed by atoms with van der Waals surface area (Å²) in [6.45, 7) is 1.65. The largest absolute Gasteiger partial charge is 0.394 e. The van der Waals surface area contributed by atoms with Crippen LogP contribution in [-0.2, 0) is 33.2 Å². The van der Waals surface area contributed by atoms with Crippen molar-refractivity contribution in [2.75, 3.05) is 26.4 Å². The van der Waals surface area contributed by atoms with Crippen LogP contribution in [0.25, 0.3) is 0 Å². The van der Waals surface area contributed by atoms with E-state index in [1.165, 1.54) is 225 Å². The quantitative estimate of drug-likeness (QED) is 0.0199. The van der Waals surface area contributed by atoms with Gasteiger partial charge >= 0.3 is 0 Å². The van der Waals surface area contributed by atoms with Crippen LogP contribution in [-0.4, -0.2) is 193 Å². The van der Waals surface area contributed by atoms with Crippen molar-refractivity contribution in [1.82, 2.24) is 5.32 Å². The lowest BCUT2D eigenvalue weighted by Gasteiger charge is -2.48. The molecule has 3 saturated heterocycles. The third kappa shape index (κ3) is 45.5. The molecule has 1 amide bonds. The summed E-state index contributed by atoms with van der Waals surface area (Å²) >= 11 is 0. The monoisotopic (exact) mass is 1500 g/mol. The second-order valence-electron chi connectivity index (χ2n) is 30.3. The highest BCUT2D eigenvalue weighted by Gasteiger charge is 2.54. The molecule has 106 heavy (non-hydrogen) atoms. The second-order valence-corrected chi connectivity index (χ2v) is 30.3. The molecule has 3 aliphatic rings. The number of unbranched alkanes of at least 4 members (excludes halogenated alkanes) is 40. The first-order chi connectivity index (χ1) is 51.8. The highest BCUT2D eigenvalue weighted by atomic mass is 16.8. The Bertz CT molecular complexity index is 2240. The number of aliphatic hydroxyl groups is 11. The molecule has 19 heteroatoms. The number of ether oxygens (including phenoxy) is 6. The Labute approximate surface area is 641 Å². The third-order valence-electron chi connectivity index (χ3n) is 20.9. The fourth-order valence-corrected chi connectivity index (χ4v) is 14.1. The van der Waals surface area contributed by atoms with Crippen LogP contribution in [0.2, 0.25) is 0 Å². The first-order valence-corrected chi connectivity index (χ1v) is 42.8.